The summed E-state index contributed by atoms with van der Waals surface area (Å²) in [6, 6.07) is 19.3. The van der Waals surface area contributed by atoms with Gasteiger partial charge in [-0.15, -0.1) is 0 Å². The van der Waals surface area contributed by atoms with Crippen molar-refractivity contribution in [3.8, 4) is 11.5 Å². The first-order valence-corrected chi connectivity index (χ1v) is 10.3. The molecule has 30 heavy (non-hydrogen) atoms. The van der Waals surface area contributed by atoms with E-state index in [0.717, 1.165) is 16.7 Å². The van der Waals surface area contributed by atoms with Crippen molar-refractivity contribution in [1.82, 2.24) is 0 Å². The monoisotopic (exact) mass is 418 g/mol. The smallest absolute Gasteiger partial charge is 0.231 e. The van der Waals surface area contributed by atoms with E-state index in [9.17, 15) is 4.79 Å². The summed E-state index contributed by atoms with van der Waals surface area (Å²) in [5.41, 5.74) is 4.54. The Balaban J connectivity index is 1.54. The first kappa shape index (κ1) is 20.2. The molecule has 0 amide bonds. The number of fused-ring (bicyclic) bond motifs is 1. The summed E-state index contributed by atoms with van der Waals surface area (Å²) in [6.45, 7) is 6.60. The Bertz CT molecular complexity index is 1130. The first-order chi connectivity index (χ1) is 14.4. The molecule has 3 nitrogen and oxygen atoms in total. The van der Waals surface area contributed by atoms with Crippen LogP contribution in [0, 0.1) is 6.92 Å². The summed E-state index contributed by atoms with van der Waals surface area (Å²) in [4.78, 5) is 12.8. The zero-order valence-electron chi connectivity index (χ0n) is 17.2. The second-order valence-corrected chi connectivity index (χ2v) is 8.18. The van der Waals surface area contributed by atoms with E-state index in [0.29, 0.717) is 40.4 Å². The molecule has 0 aromatic heterocycles. The number of hydrogen-bond donors (Lipinski definition) is 0. The minimum atomic E-state index is -0.109. The second-order valence-electron chi connectivity index (χ2n) is 7.75. The molecule has 1 heterocycles. The molecule has 0 atom stereocenters. The van der Waals surface area contributed by atoms with Gasteiger partial charge < -0.3 is 9.47 Å². The molecule has 3 aromatic rings. The van der Waals surface area contributed by atoms with Gasteiger partial charge in [0.2, 0.25) is 5.78 Å². The minimum Gasteiger partial charge on any atom is -0.488 e. The fourth-order valence-corrected chi connectivity index (χ4v) is 3.65. The van der Waals surface area contributed by atoms with Crippen molar-refractivity contribution >= 4 is 23.5 Å². The zero-order valence-corrected chi connectivity index (χ0v) is 18.0. The van der Waals surface area contributed by atoms with Crippen LogP contribution in [-0.2, 0) is 6.61 Å². The SMILES string of the molecule is Cc1c(OCc2cccc(Cl)c2)ccc2c1O/C(=C\c1ccc(C(C)C)cc1)C2=O. The Morgan fingerprint density at radius 3 is 2.53 bits per heavy atom. The van der Waals surface area contributed by atoms with Crippen LogP contribution in [0.5, 0.6) is 11.5 Å². The molecular formula is C26H23ClO3. The van der Waals surface area contributed by atoms with Crippen LogP contribution in [-0.4, -0.2) is 5.78 Å². The van der Waals surface area contributed by atoms with Crippen LogP contribution in [0.1, 0.15) is 52.4 Å². The van der Waals surface area contributed by atoms with Gasteiger partial charge in [-0.05, 0) is 59.9 Å². The number of halogens is 1. The number of ether oxygens (including phenoxy) is 2. The number of Topliss-reactive ketones (excluding diaryl/α,β-unsaturated/α-hetero) is 1. The van der Waals surface area contributed by atoms with E-state index in [2.05, 4.69) is 26.0 Å². The van der Waals surface area contributed by atoms with E-state index in [-0.39, 0.29) is 5.78 Å². The molecule has 4 heteroatoms. The molecule has 0 aliphatic carbocycles. The predicted octanol–water partition coefficient (Wildman–Crippen LogP) is 6.97. The third kappa shape index (κ3) is 4.12. The lowest BCUT2D eigenvalue weighted by molar-refractivity contribution is 0.101. The molecule has 4 rings (SSSR count). The number of allylic oxidation sites excluding steroid dienone is 1. The average molecular weight is 419 g/mol. The van der Waals surface area contributed by atoms with Crippen LogP contribution in [0.25, 0.3) is 6.08 Å². The molecule has 0 unspecified atom stereocenters. The van der Waals surface area contributed by atoms with Gasteiger partial charge in [0.05, 0.1) is 5.56 Å². The molecule has 0 spiro atoms. The molecule has 0 bridgehead atoms. The van der Waals surface area contributed by atoms with Gasteiger partial charge in [-0.2, -0.15) is 0 Å². The summed E-state index contributed by atoms with van der Waals surface area (Å²) < 4.78 is 11.9. The molecule has 0 radical (unpaired) electrons. The van der Waals surface area contributed by atoms with Crippen molar-refractivity contribution in [3.63, 3.8) is 0 Å². The minimum absolute atomic E-state index is 0.109. The topological polar surface area (TPSA) is 35.5 Å². The van der Waals surface area contributed by atoms with Crippen LogP contribution >= 0.6 is 11.6 Å². The molecule has 1 aliphatic rings. The number of benzene rings is 3. The maximum Gasteiger partial charge on any atom is 0.231 e. The van der Waals surface area contributed by atoms with Crippen molar-refractivity contribution in [1.29, 1.82) is 0 Å². The number of hydrogen-bond acceptors (Lipinski definition) is 3. The third-order valence-corrected chi connectivity index (χ3v) is 5.46. The molecule has 0 saturated carbocycles. The summed E-state index contributed by atoms with van der Waals surface area (Å²) in [5, 5.41) is 0.673. The fraction of sp³-hybridized carbons (Fsp3) is 0.192. The van der Waals surface area contributed by atoms with E-state index >= 15 is 0 Å². The number of carbonyl (C=O) groups is 1. The van der Waals surface area contributed by atoms with Gasteiger partial charge in [-0.3, -0.25) is 4.79 Å². The number of rotatable bonds is 5. The summed E-state index contributed by atoms with van der Waals surface area (Å²) >= 11 is 6.04. The van der Waals surface area contributed by atoms with E-state index in [1.54, 1.807) is 12.1 Å². The lowest BCUT2D eigenvalue weighted by atomic mass is 10.0. The standard InChI is InChI=1S/C26H23ClO3/c1-16(2)20-9-7-18(8-10-20)14-24-25(28)22-11-12-23(17(3)26(22)30-24)29-15-19-5-4-6-21(27)13-19/h4-14,16H,15H2,1-3H3/b24-14-. The zero-order chi connectivity index (χ0) is 21.3. The summed E-state index contributed by atoms with van der Waals surface area (Å²) in [5.74, 6) is 1.94. The molecule has 0 saturated heterocycles. The molecule has 0 fully saturated rings. The van der Waals surface area contributed by atoms with Gasteiger partial charge in [0.25, 0.3) is 0 Å². The van der Waals surface area contributed by atoms with Gasteiger partial charge in [-0.1, -0.05) is 61.8 Å². The molecule has 152 valence electrons. The van der Waals surface area contributed by atoms with Crippen LogP contribution in [0.15, 0.2) is 66.4 Å². The normalized spacial score (nSPS) is 14.2. The van der Waals surface area contributed by atoms with Gasteiger partial charge >= 0.3 is 0 Å². The van der Waals surface area contributed by atoms with E-state index in [1.807, 2.05) is 49.4 Å². The largest absolute Gasteiger partial charge is 0.488 e. The van der Waals surface area contributed by atoms with E-state index < -0.39 is 0 Å². The van der Waals surface area contributed by atoms with Crippen molar-refractivity contribution in [2.45, 2.75) is 33.3 Å². The number of carbonyl (C=O) groups excluding carboxylic acids is 1. The van der Waals surface area contributed by atoms with Crippen molar-refractivity contribution < 1.29 is 14.3 Å². The Hall–Kier alpha value is -3.04. The lowest BCUT2D eigenvalue weighted by Crippen LogP contribution is -1.98. The Morgan fingerprint density at radius 1 is 1.07 bits per heavy atom. The Kier molecular flexibility index (Phi) is 5.65. The van der Waals surface area contributed by atoms with E-state index in [1.165, 1.54) is 5.56 Å². The van der Waals surface area contributed by atoms with Crippen molar-refractivity contribution in [3.05, 3.63) is 99.3 Å². The highest BCUT2D eigenvalue weighted by atomic mass is 35.5. The quantitative estimate of drug-likeness (QED) is 0.420. The fourth-order valence-electron chi connectivity index (χ4n) is 3.44. The third-order valence-electron chi connectivity index (χ3n) is 5.22. The molecule has 0 N–H and O–H groups in total. The van der Waals surface area contributed by atoms with Crippen molar-refractivity contribution in [2.24, 2.45) is 0 Å². The number of ketones is 1. The van der Waals surface area contributed by atoms with Gasteiger partial charge in [0.1, 0.15) is 18.1 Å². The Morgan fingerprint density at radius 2 is 1.83 bits per heavy atom. The average Bonchev–Trinajstić information content (AvgIpc) is 3.04. The second kappa shape index (κ2) is 8.37. The Labute approximate surface area is 181 Å². The molecule has 3 aromatic carbocycles. The van der Waals surface area contributed by atoms with Crippen LogP contribution in [0.4, 0.5) is 0 Å². The predicted molar refractivity (Wildman–Crippen MR) is 120 cm³/mol. The molecule has 1 aliphatic heterocycles. The lowest BCUT2D eigenvalue weighted by Gasteiger charge is -2.11. The summed E-state index contributed by atoms with van der Waals surface area (Å²) in [6.07, 6.45) is 1.79. The highest BCUT2D eigenvalue weighted by Gasteiger charge is 2.30. The molecular weight excluding hydrogens is 396 g/mol. The van der Waals surface area contributed by atoms with Crippen LogP contribution < -0.4 is 9.47 Å². The maximum atomic E-state index is 12.8. The van der Waals surface area contributed by atoms with Crippen LogP contribution in [0.2, 0.25) is 5.02 Å². The van der Waals surface area contributed by atoms with Gasteiger partial charge in [0, 0.05) is 10.6 Å². The van der Waals surface area contributed by atoms with Gasteiger partial charge in [0.15, 0.2) is 5.76 Å². The highest BCUT2D eigenvalue weighted by molar-refractivity contribution is 6.30. The summed E-state index contributed by atoms with van der Waals surface area (Å²) in [7, 11) is 0. The van der Waals surface area contributed by atoms with Crippen molar-refractivity contribution in [2.75, 3.05) is 0 Å². The van der Waals surface area contributed by atoms with E-state index in [4.69, 9.17) is 21.1 Å². The first-order valence-electron chi connectivity index (χ1n) is 9.97. The van der Waals surface area contributed by atoms with Gasteiger partial charge in [-0.25, -0.2) is 0 Å². The highest BCUT2D eigenvalue weighted by Crippen LogP contribution is 2.39. The maximum absolute atomic E-state index is 12.8. The van der Waals surface area contributed by atoms with Crippen LogP contribution in [0.3, 0.4) is 0 Å².